The van der Waals surface area contributed by atoms with Gasteiger partial charge in [-0.05, 0) is 127 Å². The van der Waals surface area contributed by atoms with E-state index < -0.39 is 5.41 Å². The second-order valence-corrected chi connectivity index (χ2v) is 16.3. The first-order chi connectivity index (χ1) is 29.3. The van der Waals surface area contributed by atoms with Gasteiger partial charge in [-0.25, -0.2) is 0 Å². The third-order valence-electron chi connectivity index (χ3n) is 13.5. The first-order valence-corrected chi connectivity index (χ1v) is 20.7. The predicted octanol–water partition coefficient (Wildman–Crippen LogP) is 15.6. The quantitative estimate of drug-likeness (QED) is 0.158. The SMILES string of the molecule is c1ccc2c(c1)-c1cc(-c3c4ccccc4c(-c4ccc(-c5cccc6ccccc56)cc4)c4ccccc34)ccc1C21c2ccccc2-c2cccc3cccc1c23. The smallest absolute Gasteiger partial charge is 0.0619 e. The average Bonchev–Trinajstić information content (AvgIpc) is 3.59. The highest BCUT2D eigenvalue weighted by Crippen LogP contribution is 2.62. The van der Waals surface area contributed by atoms with Crippen LogP contribution >= 0.6 is 0 Å². The molecule has 11 aromatic rings. The van der Waals surface area contributed by atoms with Crippen LogP contribution < -0.4 is 0 Å². The maximum Gasteiger partial charge on any atom is 0.0725 e. The van der Waals surface area contributed by atoms with Crippen molar-refractivity contribution in [2.45, 2.75) is 5.41 Å². The van der Waals surface area contributed by atoms with Crippen LogP contribution in [0.4, 0.5) is 0 Å². The number of hydrogen-bond donors (Lipinski definition) is 0. The molecule has 59 heavy (non-hydrogen) atoms. The van der Waals surface area contributed by atoms with Crippen molar-refractivity contribution in [2.24, 2.45) is 0 Å². The van der Waals surface area contributed by atoms with E-state index in [-0.39, 0.29) is 0 Å². The van der Waals surface area contributed by atoms with E-state index in [1.54, 1.807) is 0 Å². The van der Waals surface area contributed by atoms with Gasteiger partial charge in [-0.3, -0.25) is 0 Å². The summed E-state index contributed by atoms with van der Waals surface area (Å²) in [6.45, 7) is 0. The van der Waals surface area contributed by atoms with Crippen LogP contribution in [-0.4, -0.2) is 0 Å². The molecule has 0 fully saturated rings. The molecule has 0 heterocycles. The summed E-state index contributed by atoms with van der Waals surface area (Å²) in [4.78, 5) is 0. The Bertz CT molecular complexity index is 3480. The minimum Gasteiger partial charge on any atom is -0.0619 e. The number of rotatable bonds is 3. The largest absolute Gasteiger partial charge is 0.0725 e. The van der Waals surface area contributed by atoms with Crippen molar-refractivity contribution in [3.8, 4) is 55.6 Å². The van der Waals surface area contributed by atoms with Crippen LogP contribution in [0.3, 0.4) is 0 Å². The predicted molar refractivity (Wildman–Crippen MR) is 249 cm³/mol. The molecule has 272 valence electrons. The van der Waals surface area contributed by atoms with Gasteiger partial charge in [0.25, 0.3) is 0 Å². The number of benzene rings is 11. The van der Waals surface area contributed by atoms with Gasteiger partial charge in [0, 0.05) is 0 Å². The Morgan fingerprint density at radius 1 is 0.237 bits per heavy atom. The van der Waals surface area contributed by atoms with E-state index in [1.165, 1.54) is 121 Å². The van der Waals surface area contributed by atoms with Crippen molar-refractivity contribution in [3.63, 3.8) is 0 Å². The molecule has 1 atom stereocenters. The van der Waals surface area contributed by atoms with E-state index in [0.29, 0.717) is 0 Å². The Hall–Kier alpha value is -7.54. The van der Waals surface area contributed by atoms with Crippen LogP contribution in [0.1, 0.15) is 22.3 Å². The molecule has 0 nitrogen and oxygen atoms in total. The molecule has 0 saturated carbocycles. The molecular weight excluding hydrogens is 709 g/mol. The highest BCUT2D eigenvalue weighted by atomic mass is 14.5. The average molecular weight is 745 g/mol. The van der Waals surface area contributed by atoms with Crippen molar-refractivity contribution in [1.82, 2.24) is 0 Å². The van der Waals surface area contributed by atoms with Gasteiger partial charge in [-0.1, -0.05) is 212 Å². The third kappa shape index (κ3) is 4.38. The number of fused-ring (bicyclic) bond motifs is 12. The zero-order valence-electron chi connectivity index (χ0n) is 32.3. The topological polar surface area (TPSA) is 0 Å². The molecule has 0 aromatic heterocycles. The van der Waals surface area contributed by atoms with E-state index in [1.807, 2.05) is 0 Å². The monoisotopic (exact) mass is 744 g/mol. The molecule has 11 aromatic carbocycles. The maximum absolute atomic E-state index is 2.50. The summed E-state index contributed by atoms with van der Waals surface area (Å²) in [5.41, 5.74) is 17.8. The molecule has 2 aliphatic carbocycles. The lowest BCUT2D eigenvalue weighted by Crippen LogP contribution is -2.31. The Balaban J connectivity index is 1.04. The van der Waals surface area contributed by atoms with E-state index in [9.17, 15) is 0 Å². The van der Waals surface area contributed by atoms with Crippen molar-refractivity contribution in [2.75, 3.05) is 0 Å². The van der Waals surface area contributed by atoms with Crippen LogP contribution in [0.2, 0.25) is 0 Å². The van der Waals surface area contributed by atoms with Gasteiger partial charge >= 0.3 is 0 Å². The fourth-order valence-corrected chi connectivity index (χ4v) is 11.1. The lowest BCUT2D eigenvalue weighted by atomic mass is 9.61. The van der Waals surface area contributed by atoms with Gasteiger partial charge in [0.2, 0.25) is 0 Å². The molecule has 13 rings (SSSR count). The minimum absolute atomic E-state index is 0.429. The van der Waals surface area contributed by atoms with Crippen LogP contribution in [-0.2, 0) is 5.41 Å². The maximum atomic E-state index is 2.50. The first kappa shape index (κ1) is 32.5. The molecule has 1 unspecified atom stereocenters. The Morgan fingerprint density at radius 2 is 0.661 bits per heavy atom. The van der Waals surface area contributed by atoms with E-state index in [4.69, 9.17) is 0 Å². The molecular formula is C59H36. The van der Waals surface area contributed by atoms with E-state index >= 15 is 0 Å². The Labute approximate surface area is 343 Å². The van der Waals surface area contributed by atoms with Gasteiger partial charge < -0.3 is 0 Å². The van der Waals surface area contributed by atoms with Crippen molar-refractivity contribution >= 4 is 43.1 Å². The zero-order chi connectivity index (χ0) is 38.7. The number of hydrogen-bond acceptors (Lipinski definition) is 0. The van der Waals surface area contributed by atoms with Crippen LogP contribution in [0.5, 0.6) is 0 Å². The van der Waals surface area contributed by atoms with Crippen molar-refractivity contribution < 1.29 is 0 Å². The zero-order valence-corrected chi connectivity index (χ0v) is 32.3. The molecule has 0 saturated heterocycles. The summed E-state index contributed by atoms with van der Waals surface area (Å²) < 4.78 is 0. The summed E-state index contributed by atoms with van der Waals surface area (Å²) in [6, 6.07) is 81.9. The highest BCUT2D eigenvalue weighted by molar-refractivity contribution is 6.22. The lowest BCUT2D eigenvalue weighted by molar-refractivity contribution is 0.773. The standard InChI is InChI=1S/C59H36/c1-2-18-42-37(14-1)15-11-25-43(42)38-30-32-40(33-31-38)56-47-21-3-5-23-49(47)57(50-24-6-4-22-48(50)56)41-34-35-54-51(36-41)45-20-8-10-28-53(45)59(54)52-27-9-7-19-44(52)46-26-12-16-39-17-13-29-55(59)58(39)46/h1-36H. The summed E-state index contributed by atoms with van der Waals surface area (Å²) in [6.07, 6.45) is 0. The van der Waals surface area contributed by atoms with E-state index in [2.05, 4.69) is 218 Å². The van der Waals surface area contributed by atoms with Gasteiger partial charge in [-0.15, -0.1) is 0 Å². The van der Waals surface area contributed by atoms with E-state index in [0.717, 1.165) is 0 Å². The first-order valence-electron chi connectivity index (χ1n) is 20.7. The molecule has 0 amide bonds. The second-order valence-electron chi connectivity index (χ2n) is 16.3. The lowest BCUT2D eigenvalue weighted by Gasteiger charge is -2.40. The fraction of sp³-hybridized carbons (Fsp3) is 0.0169. The van der Waals surface area contributed by atoms with Crippen LogP contribution in [0.25, 0.3) is 98.7 Å². The molecule has 2 aliphatic rings. The highest BCUT2D eigenvalue weighted by Gasteiger charge is 2.50. The van der Waals surface area contributed by atoms with Crippen LogP contribution in [0, 0.1) is 0 Å². The summed E-state index contributed by atoms with van der Waals surface area (Å²) >= 11 is 0. The minimum atomic E-state index is -0.429. The summed E-state index contributed by atoms with van der Waals surface area (Å²) in [7, 11) is 0. The normalized spacial score (nSPS) is 14.8. The molecule has 1 spiro atoms. The Kier molecular flexibility index (Phi) is 6.74. The molecule has 0 radical (unpaired) electrons. The molecule has 0 aliphatic heterocycles. The molecule has 0 heteroatoms. The van der Waals surface area contributed by atoms with Crippen LogP contribution in [0.15, 0.2) is 218 Å². The van der Waals surface area contributed by atoms with Gasteiger partial charge in [0.1, 0.15) is 0 Å². The van der Waals surface area contributed by atoms with Crippen molar-refractivity contribution in [1.29, 1.82) is 0 Å². The third-order valence-corrected chi connectivity index (χ3v) is 13.5. The van der Waals surface area contributed by atoms with Gasteiger partial charge in [-0.2, -0.15) is 0 Å². The van der Waals surface area contributed by atoms with Crippen molar-refractivity contribution in [3.05, 3.63) is 241 Å². The molecule has 0 N–H and O–H groups in total. The molecule has 0 bridgehead atoms. The summed E-state index contributed by atoms with van der Waals surface area (Å²) in [5.74, 6) is 0. The second kappa shape index (κ2) is 12.2. The fourth-order valence-electron chi connectivity index (χ4n) is 11.1. The van der Waals surface area contributed by atoms with Gasteiger partial charge in [0.05, 0.1) is 5.41 Å². The van der Waals surface area contributed by atoms with Gasteiger partial charge in [0.15, 0.2) is 0 Å². The Morgan fingerprint density at radius 3 is 1.34 bits per heavy atom. The summed E-state index contributed by atoms with van der Waals surface area (Å²) in [5, 5.41) is 10.3.